The molecule has 4 heteroatoms. The van der Waals surface area contributed by atoms with E-state index in [1.807, 2.05) is 19.2 Å². The lowest BCUT2D eigenvalue weighted by atomic mass is 10.2. The molecule has 0 saturated heterocycles. The summed E-state index contributed by atoms with van der Waals surface area (Å²) >= 11 is 0. The largest absolute Gasteiger partial charge is 0.370 e. The molecule has 0 aliphatic rings. The zero-order valence-corrected chi connectivity index (χ0v) is 12.3. The van der Waals surface area contributed by atoms with E-state index in [1.165, 1.54) is 0 Å². The smallest absolute Gasteiger partial charge is 0.255 e. The highest BCUT2D eigenvalue weighted by Gasteiger charge is 2.11. The number of nitrogens with zero attached hydrogens (tertiary/aromatic N) is 2. The number of pyridine rings is 1. The van der Waals surface area contributed by atoms with Crippen molar-refractivity contribution in [1.82, 2.24) is 9.88 Å². The Morgan fingerprint density at radius 1 is 1.26 bits per heavy atom. The fourth-order valence-electron chi connectivity index (χ4n) is 1.74. The maximum absolute atomic E-state index is 12.1. The first-order chi connectivity index (χ1) is 9.19. The van der Waals surface area contributed by atoms with Crippen molar-refractivity contribution in [2.75, 3.05) is 25.5 Å². The van der Waals surface area contributed by atoms with Gasteiger partial charge in [0.2, 0.25) is 0 Å². The average molecular weight is 263 g/mol. The molecular formula is C15H25N3O. The van der Waals surface area contributed by atoms with Crippen LogP contribution in [0.5, 0.6) is 0 Å². The monoisotopic (exact) mass is 263 g/mol. The number of carbonyl (C=O) groups excluding carboxylic acids is 1. The van der Waals surface area contributed by atoms with Crippen LogP contribution >= 0.6 is 0 Å². The molecule has 0 aliphatic carbocycles. The summed E-state index contributed by atoms with van der Waals surface area (Å²) in [7, 11) is 1.84. The quantitative estimate of drug-likeness (QED) is 0.733. The van der Waals surface area contributed by atoms with Gasteiger partial charge in [-0.2, -0.15) is 0 Å². The summed E-state index contributed by atoms with van der Waals surface area (Å²) in [5.41, 5.74) is 0.652. The van der Waals surface area contributed by atoms with E-state index in [1.54, 1.807) is 11.1 Å². The van der Waals surface area contributed by atoms with Crippen LogP contribution in [0.3, 0.4) is 0 Å². The van der Waals surface area contributed by atoms with Crippen LogP contribution in [0.25, 0.3) is 0 Å². The fourth-order valence-corrected chi connectivity index (χ4v) is 1.74. The molecule has 0 aromatic carbocycles. The first kappa shape index (κ1) is 15.5. The van der Waals surface area contributed by atoms with E-state index in [4.69, 9.17) is 0 Å². The summed E-state index contributed by atoms with van der Waals surface area (Å²) in [6, 6.07) is 3.71. The highest BCUT2D eigenvalue weighted by atomic mass is 16.2. The predicted octanol–water partition coefficient (Wildman–Crippen LogP) is 3.17. The molecule has 0 fully saturated rings. The average Bonchev–Trinajstić information content (AvgIpc) is 2.45. The van der Waals surface area contributed by atoms with E-state index in [-0.39, 0.29) is 5.91 Å². The van der Waals surface area contributed by atoms with Gasteiger partial charge in [0.05, 0.1) is 5.56 Å². The van der Waals surface area contributed by atoms with Crippen LogP contribution in [0, 0.1) is 0 Å². The molecule has 106 valence electrons. The van der Waals surface area contributed by atoms with Gasteiger partial charge >= 0.3 is 0 Å². The van der Waals surface area contributed by atoms with Crippen LogP contribution in [0.4, 0.5) is 5.82 Å². The Labute approximate surface area is 116 Å². The minimum absolute atomic E-state index is 0.0426. The second-order valence-corrected chi connectivity index (χ2v) is 4.79. The Kier molecular flexibility index (Phi) is 6.93. The minimum atomic E-state index is 0.0426. The molecule has 4 nitrogen and oxygen atoms in total. The van der Waals surface area contributed by atoms with Crippen LogP contribution in [-0.2, 0) is 0 Å². The van der Waals surface area contributed by atoms with Crippen LogP contribution in [-0.4, -0.2) is 35.9 Å². The number of aromatic nitrogens is 1. The van der Waals surface area contributed by atoms with Gasteiger partial charge in [-0.25, -0.2) is 4.98 Å². The van der Waals surface area contributed by atoms with Crippen molar-refractivity contribution >= 4 is 11.7 Å². The van der Waals surface area contributed by atoms with E-state index in [9.17, 15) is 4.79 Å². The third kappa shape index (κ3) is 5.28. The lowest BCUT2D eigenvalue weighted by Crippen LogP contribution is -2.27. The molecule has 0 atom stereocenters. The van der Waals surface area contributed by atoms with Crippen molar-refractivity contribution < 1.29 is 4.79 Å². The van der Waals surface area contributed by atoms with Gasteiger partial charge in [-0.3, -0.25) is 4.79 Å². The third-order valence-electron chi connectivity index (χ3n) is 3.04. The van der Waals surface area contributed by atoms with Gasteiger partial charge in [-0.15, -0.1) is 0 Å². The van der Waals surface area contributed by atoms with Gasteiger partial charge < -0.3 is 10.2 Å². The van der Waals surface area contributed by atoms with Gasteiger partial charge in [0, 0.05) is 26.3 Å². The van der Waals surface area contributed by atoms with E-state index >= 15 is 0 Å². The van der Waals surface area contributed by atoms with Gasteiger partial charge in [0.15, 0.2) is 0 Å². The Morgan fingerprint density at radius 3 is 2.58 bits per heavy atom. The molecule has 19 heavy (non-hydrogen) atoms. The number of anilines is 1. The normalized spacial score (nSPS) is 10.3. The highest BCUT2D eigenvalue weighted by molar-refractivity contribution is 5.93. The number of amides is 1. The number of hydrogen-bond donors (Lipinski definition) is 1. The predicted molar refractivity (Wildman–Crippen MR) is 79.5 cm³/mol. The van der Waals surface area contributed by atoms with Crippen molar-refractivity contribution in [3.05, 3.63) is 23.9 Å². The maximum Gasteiger partial charge on any atom is 0.255 e. The second kappa shape index (κ2) is 8.51. The van der Waals surface area contributed by atoms with Gasteiger partial charge in [-0.05, 0) is 25.0 Å². The van der Waals surface area contributed by atoms with Crippen LogP contribution < -0.4 is 5.32 Å². The molecule has 1 amide bonds. The number of nitrogens with one attached hydrogen (secondary N) is 1. The van der Waals surface area contributed by atoms with E-state index in [0.717, 1.165) is 44.6 Å². The van der Waals surface area contributed by atoms with Gasteiger partial charge in [0.1, 0.15) is 5.82 Å². The molecule has 1 rings (SSSR count). The van der Waals surface area contributed by atoms with Crippen molar-refractivity contribution in [2.24, 2.45) is 0 Å². The topological polar surface area (TPSA) is 45.2 Å². The first-order valence-corrected chi connectivity index (χ1v) is 7.14. The van der Waals surface area contributed by atoms with Crippen molar-refractivity contribution in [2.45, 2.75) is 39.5 Å². The summed E-state index contributed by atoms with van der Waals surface area (Å²) < 4.78 is 0. The maximum atomic E-state index is 12.1. The fraction of sp³-hybridized carbons (Fsp3) is 0.600. The minimum Gasteiger partial charge on any atom is -0.370 e. The first-order valence-electron chi connectivity index (χ1n) is 7.14. The van der Waals surface area contributed by atoms with Gasteiger partial charge in [0.25, 0.3) is 5.91 Å². The molecule has 1 heterocycles. The molecular weight excluding hydrogens is 238 g/mol. The van der Waals surface area contributed by atoms with Crippen molar-refractivity contribution in [3.63, 3.8) is 0 Å². The second-order valence-electron chi connectivity index (χ2n) is 4.79. The van der Waals surface area contributed by atoms with Crippen molar-refractivity contribution in [3.8, 4) is 0 Å². The molecule has 1 N–H and O–H groups in total. The SMILES string of the molecule is CCCCNc1ccc(C(=O)N(C)CCCC)cn1. The molecule has 0 saturated carbocycles. The molecule has 0 aliphatic heterocycles. The standard InChI is InChI=1S/C15H25N3O/c1-4-6-10-16-14-9-8-13(12-17-14)15(19)18(3)11-7-5-2/h8-9,12H,4-7,10-11H2,1-3H3,(H,16,17). The third-order valence-corrected chi connectivity index (χ3v) is 3.04. The Morgan fingerprint density at radius 2 is 2.00 bits per heavy atom. The Hall–Kier alpha value is -1.58. The number of unbranched alkanes of at least 4 members (excludes halogenated alkanes) is 2. The Balaban J connectivity index is 2.52. The molecule has 0 bridgehead atoms. The summed E-state index contributed by atoms with van der Waals surface area (Å²) in [5, 5.41) is 3.24. The zero-order chi connectivity index (χ0) is 14.1. The molecule has 0 unspecified atom stereocenters. The molecule has 0 radical (unpaired) electrons. The summed E-state index contributed by atoms with van der Waals surface area (Å²) in [5.74, 6) is 0.877. The van der Waals surface area contributed by atoms with Crippen LogP contribution in [0.15, 0.2) is 18.3 Å². The Bertz CT molecular complexity index is 375. The number of hydrogen-bond acceptors (Lipinski definition) is 3. The van der Waals surface area contributed by atoms with E-state index in [0.29, 0.717) is 5.56 Å². The zero-order valence-electron chi connectivity index (χ0n) is 12.3. The van der Waals surface area contributed by atoms with Crippen LogP contribution in [0.1, 0.15) is 49.9 Å². The van der Waals surface area contributed by atoms with Crippen molar-refractivity contribution in [1.29, 1.82) is 0 Å². The number of carbonyl (C=O) groups is 1. The summed E-state index contributed by atoms with van der Waals surface area (Å²) in [4.78, 5) is 18.1. The van der Waals surface area contributed by atoms with E-state index in [2.05, 4.69) is 24.1 Å². The summed E-state index contributed by atoms with van der Waals surface area (Å²) in [6.07, 6.45) is 6.06. The molecule has 1 aromatic heterocycles. The van der Waals surface area contributed by atoms with E-state index < -0.39 is 0 Å². The molecule has 0 spiro atoms. The van der Waals surface area contributed by atoms with Gasteiger partial charge in [-0.1, -0.05) is 26.7 Å². The number of rotatable bonds is 8. The lowest BCUT2D eigenvalue weighted by molar-refractivity contribution is 0.0793. The highest BCUT2D eigenvalue weighted by Crippen LogP contribution is 2.08. The summed E-state index contributed by atoms with van der Waals surface area (Å²) in [6.45, 7) is 6.00. The van der Waals surface area contributed by atoms with Crippen LogP contribution in [0.2, 0.25) is 0 Å². The molecule has 1 aromatic rings. The lowest BCUT2D eigenvalue weighted by Gasteiger charge is -2.16.